The van der Waals surface area contributed by atoms with Crippen molar-refractivity contribution in [3.05, 3.63) is 49.6 Å². The highest BCUT2D eigenvalue weighted by Gasteiger charge is 2.76. The van der Waals surface area contributed by atoms with Crippen molar-refractivity contribution in [1.29, 1.82) is 0 Å². The molecule has 2 bridgehead atoms. The average molecular weight is 568 g/mol. The standard InChI is InChI=1S/C29H37N5O5S/c1-4-6-9-16-39-28(38)23-22-17-19(3)29(40-22)24(23)26(36)33(14-10-15-35)25(29)27(37)32(13-5-2)18-34-21-12-8-7-11-20(21)30-31-34/h4-5,7-8,11-12,19,22-25,35H,1-2,6,9-10,13-18H2,3H3/t19?,22-,23+,24-,25?,29?/m0/s1. The number of allylic oxidation sites excluding steroid dienone is 1. The molecule has 3 saturated heterocycles. The van der Waals surface area contributed by atoms with Crippen LogP contribution in [-0.4, -0.2) is 90.0 Å². The topological polar surface area (TPSA) is 118 Å². The number of aromatic nitrogens is 3. The zero-order valence-corrected chi connectivity index (χ0v) is 23.7. The van der Waals surface area contributed by atoms with Crippen molar-refractivity contribution in [3.63, 3.8) is 0 Å². The number of nitrogens with zero attached hydrogens (tertiary/aromatic N) is 5. The molecule has 1 N–H and O–H groups in total. The first kappa shape index (κ1) is 28.4. The first-order valence-electron chi connectivity index (χ1n) is 13.9. The number of rotatable bonds is 13. The van der Waals surface area contributed by atoms with Gasteiger partial charge in [0.15, 0.2) is 0 Å². The van der Waals surface area contributed by atoms with Gasteiger partial charge in [0.25, 0.3) is 0 Å². The van der Waals surface area contributed by atoms with E-state index in [0.29, 0.717) is 12.8 Å². The smallest absolute Gasteiger partial charge is 0.310 e. The first-order valence-corrected chi connectivity index (χ1v) is 14.8. The van der Waals surface area contributed by atoms with Gasteiger partial charge in [0.2, 0.25) is 11.8 Å². The molecule has 1 aromatic heterocycles. The molecule has 2 aromatic rings. The fourth-order valence-electron chi connectivity index (χ4n) is 6.78. The van der Waals surface area contributed by atoms with E-state index >= 15 is 0 Å². The lowest BCUT2D eigenvalue weighted by Crippen LogP contribution is -2.57. The Hall–Kier alpha value is -3.18. The Balaban J connectivity index is 1.48. The summed E-state index contributed by atoms with van der Waals surface area (Å²) in [5.74, 6) is -1.99. The highest BCUT2D eigenvalue weighted by atomic mass is 32.2. The minimum absolute atomic E-state index is 0.0344. The maximum absolute atomic E-state index is 14.5. The molecule has 1 spiro atoms. The monoisotopic (exact) mass is 567 g/mol. The maximum Gasteiger partial charge on any atom is 0.310 e. The van der Waals surface area contributed by atoms with Crippen LogP contribution >= 0.6 is 11.8 Å². The van der Waals surface area contributed by atoms with E-state index in [1.807, 2.05) is 24.3 Å². The van der Waals surface area contributed by atoms with E-state index in [4.69, 9.17) is 4.74 Å². The summed E-state index contributed by atoms with van der Waals surface area (Å²) in [7, 11) is 0. The lowest BCUT2D eigenvalue weighted by atomic mass is 9.66. The second kappa shape index (κ2) is 11.7. The van der Waals surface area contributed by atoms with Gasteiger partial charge in [-0.1, -0.05) is 36.4 Å². The summed E-state index contributed by atoms with van der Waals surface area (Å²) in [5.41, 5.74) is 1.52. The molecule has 6 atom stereocenters. The number of carbonyl (C=O) groups excluding carboxylic acids is 3. The number of benzene rings is 1. The van der Waals surface area contributed by atoms with Crippen LogP contribution in [0.2, 0.25) is 0 Å². The normalized spacial score (nSPS) is 28.6. The van der Waals surface area contributed by atoms with Crippen molar-refractivity contribution in [1.82, 2.24) is 24.8 Å². The second-order valence-corrected chi connectivity index (χ2v) is 12.4. The van der Waals surface area contributed by atoms with Crippen LogP contribution in [0, 0.1) is 17.8 Å². The molecule has 3 aliphatic heterocycles. The van der Waals surface area contributed by atoms with Crippen molar-refractivity contribution in [2.45, 2.75) is 55.3 Å². The Morgan fingerprint density at radius 2 is 2.08 bits per heavy atom. The van der Waals surface area contributed by atoms with Crippen molar-refractivity contribution < 1.29 is 24.2 Å². The molecular weight excluding hydrogens is 530 g/mol. The predicted molar refractivity (Wildman–Crippen MR) is 152 cm³/mol. The number of hydrogen-bond acceptors (Lipinski definition) is 8. The van der Waals surface area contributed by atoms with Crippen LogP contribution in [0.5, 0.6) is 0 Å². The number of likely N-dealkylation sites (tertiary alicyclic amines) is 1. The minimum Gasteiger partial charge on any atom is -0.465 e. The van der Waals surface area contributed by atoms with Gasteiger partial charge in [0, 0.05) is 24.9 Å². The van der Waals surface area contributed by atoms with E-state index in [1.54, 1.807) is 38.4 Å². The molecule has 1 aromatic carbocycles. The summed E-state index contributed by atoms with van der Waals surface area (Å²) in [5, 5.41) is 18.0. The van der Waals surface area contributed by atoms with Crippen molar-refractivity contribution in [2.75, 3.05) is 26.3 Å². The third kappa shape index (κ3) is 4.62. The Labute approximate surface area is 238 Å². The number of hydrogen-bond donors (Lipinski definition) is 1. The number of esters is 1. The molecule has 0 saturated carbocycles. The van der Waals surface area contributed by atoms with Gasteiger partial charge in [0.05, 0.1) is 28.7 Å². The van der Waals surface area contributed by atoms with Crippen LogP contribution < -0.4 is 0 Å². The molecule has 3 aliphatic rings. The average Bonchev–Trinajstić information content (AvgIpc) is 3.67. The molecule has 3 fully saturated rings. The van der Waals surface area contributed by atoms with E-state index in [2.05, 4.69) is 30.4 Å². The third-order valence-corrected chi connectivity index (χ3v) is 10.6. The summed E-state index contributed by atoms with van der Waals surface area (Å²) in [4.78, 5) is 45.2. The highest BCUT2D eigenvalue weighted by Crippen LogP contribution is 2.68. The molecule has 214 valence electrons. The lowest BCUT2D eigenvalue weighted by molar-refractivity contribution is -0.154. The number of amides is 2. The van der Waals surface area contributed by atoms with Crippen LogP contribution in [0.3, 0.4) is 0 Å². The van der Waals surface area contributed by atoms with Crippen LogP contribution in [-0.2, 0) is 25.8 Å². The van der Waals surface area contributed by atoms with Gasteiger partial charge in [0.1, 0.15) is 18.2 Å². The van der Waals surface area contributed by atoms with Crippen LogP contribution in [0.1, 0.15) is 32.6 Å². The third-order valence-electron chi connectivity index (χ3n) is 8.49. The minimum atomic E-state index is -0.783. The zero-order valence-electron chi connectivity index (χ0n) is 22.9. The number of aliphatic hydroxyl groups is 1. The summed E-state index contributed by atoms with van der Waals surface area (Å²) >= 11 is 1.61. The van der Waals surface area contributed by atoms with Gasteiger partial charge in [-0.3, -0.25) is 14.4 Å². The maximum atomic E-state index is 14.5. The lowest BCUT2D eigenvalue weighted by Gasteiger charge is -2.40. The van der Waals surface area contributed by atoms with Gasteiger partial charge < -0.3 is 19.6 Å². The zero-order chi connectivity index (χ0) is 28.4. The number of carbonyl (C=O) groups is 3. The second-order valence-electron chi connectivity index (χ2n) is 10.8. The summed E-state index contributed by atoms with van der Waals surface area (Å²) in [6, 6.07) is 6.75. The fourth-order valence-corrected chi connectivity index (χ4v) is 9.18. The van der Waals surface area contributed by atoms with Gasteiger partial charge in [-0.05, 0) is 43.7 Å². The fraction of sp³-hybridized carbons (Fsp3) is 0.552. The van der Waals surface area contributed by atoms with E-state index in [0.717, 1.165) is 23.9 Å². The molecule has 0 aliphatic carbocycles. The van der Waals surface area contributed by atoms with Crippen molar-refractivity contribution >= 4 is 40.6 Å². The molecule has 40 heavy (non-hydrogen) atoms. The molecular formula is C29H37N5O5S. The van der Waals surface area contributed by atoms with E-state index in [1.165, 1.54) is 0 Å². The number of ether oxygens (including phenoxy) is 1. The molecule has 5 rings (SSSR count). The quantitative estimate of drug-likeness (QED) is 0.223. The number of unbranched alkanes of at least 4 members (excludes halogenated alkanes) is 1. The van der Waals surface area contributed by atoms with E-state index < -0.39 is 22.6 Å². The Morgan fingerprint density at radius 1 is 1.27 bits per heavy atom. The van der Waals surface area contributed by atoms with Crippen molar-refractivity contribution in [3.8, 4) is 0 Å². The van der Waals surface area contributed by atoms with Gasteiger partial charge in [-0.25, -0.2) is 4.68 Å². The van der Waals surface area contributed by atoms with Crippen LogP contribution in [0.15, 0.2) is 49.6 Å². The molecule has 0 radical (unpaired) electrons. The summed E-state index contributed by atoms with van der Waals surface area (Å²) in [6.45, 7) is 10.4. The highest BCUT2D eigenvalue weighted by molar-refractivity contribution is 8.02. The number of fused-ring (bicyclic) bond motifs is 2. The Kier molecular flexibility index (Phi) is 8.32. The first-order chi connectivity index (χ1) is 19.4. The van der Waals surface area contributed by atoms with Gasteiger partial charge in [-0.15, -0.1) is 30.0 Å². The van der Waals surface area contributed by atoms with Gasteiger partial charge in [-0.2, -0.15) is 0 Å². The Morgan fingerprint density at radius 3 is 2.83 bits per heavy atom. The SMILES string of the molecule is C=CCCCOC(=O)[C@@H]1[C@@H]2CC(C)C3(S2)C(C(=O)N(CC=C)Cn2nnc4ccccc42)N(CCCO)C(=O)[C@H]13. The largest absolute Gasteiger partial charge is 0.465 e. The summed E-state index contributed by atoms with van der Waals surface area (Å²) in [6.07, 6.45) is 5.93. The number of para-hydroxylation sites is 1. The molecule has 11 heteroatoms. The summed E-state index contributed by atoms with van der Waals surface area (Å²) < 4.78 is 6.55. The predicted octanol–water partition coefficient (Wildman–Crippen LogP) is 2.63. The number of thioether (sulfide) groups is 1. The molecule has 2 amide bonds. The number of aliphatic hydroxyl groups excluding tert-OH is 1. The molecule has 3 unspecified atom stereocenters. The Bertz CT molecular complexity index is 1300. The van der Waals surface area contributed by atoms with Crippen molar-refractivity contribution in [2.24, 2.45) is 17.8 Å². The molecule has 4 heterocycles. The van der Waals surface area contributed by atoms with Crippen LogP contribution in [0.4, 0.5) is 0 Å². The van der Waals surface area contributed by atoms with Crippen LogP contribution in [0.25, 0.3) is 11.0 Å². The van der Waals surface area contributed by atoms with E-state index in [9.17, 15) is 19.5 Å². The molecule has 10 nitrogen and oxygen atoms in total. The van der Waals surface area contributed by atoms with E-state index in [-0.39, 0.29) is 61.9 Å². The van der Waals surface area contributed by atoms with Gasteiger partial charge >= 0.3 is 5.97 Å².